The first-order valence-electron chi connectivity index (χ1n) is 8.60. The molecule has 1 atom stereocenters. The lowest BCUT2D eigenvalue weighted by atomic mass is 9.99. The number of urea groups is 1. The Morgan fingerprint density at radius 1 is 1.08 bits per heavy atom. The minimum Gasteiger partial charge on any atom is -0.493 e. The molecular formula is C20H24N2O4. The first-order valence-corrected chi connectivity index (χ1v) is 8.60. The van der Waals surface area contributed by atoms with Crippen molar-refractivity contribution in [3.8, 4) is 11.5 Å². The monoisotopic (exact) mass is 356 g/mol. The van der Waals surface area contributed by atoms with Crippen LogP contribution in [0.5, 0.6) is 11.5 Å². The topological polar surface area (TPSA) is 68.8 Å². The molecule has 6 nitrogen and oxygen atoms in total. The van der Waals surface area contributed by atoms with Crippen LogP contribution in [0.4, 0.5) is 4.79 Å². The highest BCUT2D eigenvalue weighted by Crippen LogP contribution is 2.27. The van der Waals surface area contributed by atoms with Crippen LogP contribution in [0, 0.1) is 0 Å². The van der Waals surface area contributed by atoms with E-state index in [0.29, 0.717) is 31.2 Å². The first kappa shape index (κ1) is 18.1. The number of methoxy groups -OCH3 is 2. The SMILES string of the molecule is COc1ccc(CNC(=O)NCC2Cc3ccccc3CO2)cc1OC. The smallest absolute Gasteiger partial charge is 0.315 e. The minimum atomic E-state index is -0.220. The van der Waals surface area contributed by atoms with Gasteiger partial charge in [-0.15, -0.1) is 0 Å². The van der Waals surface area contributed by atoms with Crippen LogP contribution >= 0.6 is 0 Å². The number of carbonyl (C=O) groups is 1. The second-order valence-electron chi connectivity index (χ2n) is 6.16. The van der Waals surface area contributed by atoms with E-state index in [9.17, 15) is 4.79 Å². The largest absolute Gasteiger partial charge is 0.493 e. The molecule has 2 N–H and O–H groups in total. The van der Waals surface area contributed by atoms with Crippen molar-refractivity contribution in [3.63, 3.8) is 0 Å². The number of benzene rings is 2. The molecule has 3 rings (SSSR count). The van der Waals surface area contributed by atoms with Crippen molar-refractivity contribution >= 4 is 6.03 Å². The maximum atomic E-state index is 12.0. The van der Waals surface area contributed by atoms with Gasteiger partial charge in [0, 0.05) is 19.5 Å². The summed E-state index contributed by atoms with van der Waals surface area (Å²) in [5.41, 5.74) is 3.44. The zero-order valence-corrected chi connectivity index (χ0v) is 15.1. The first-order chi connectivity index (χ1) is 12.7. The zero-order chi connectivity index (χ0) is 18.4. The van der Waals surface area contributed by atoms with Crippen molar-refractivity contribution < 1.29 is 19.0 Å². The van der Waals surface area contributed by atoms with E-state index in [1.54, 1.807) is 14.2 Å². The van der Waals surface area contributed by atoms with Gasteiger partial charge in [-0.25, -0.2) is 4.79 Å². The number of hydrogen-bond donors (Lipinski definition) is 2. The molecule has 2 aromatic rings. The molecule has 1 aliphatic rings. The number of rotatable bonds is 6. The Labute approximate surface area is 153 Å². The summed E-state index contributed by atoms with van der Waals surface area (Å²) in [5, 5.41) is 5.72. The molecular weight excluding hydrogens is 332 g/mol. The summed E-state index contributed by atoms with van der Waals surface area (Å²) in [6.07, 6.45) is 0.809. The molecule has 0 radical (unpaired) electrons. The normalized spacial score (nSPS) is 15.7. The molecule has 0 spiro atoms. The molecule has 0 aliphatic carbocycles. The van der Waals surface area contributed by atoms with Gasteiger partial charge < -0.3 is 24.8 Å². The Hall–Kier alpha value is -2.73. The van der Waals surface area contributed by atoms with Crippen LogP contribution in [0.3, 0.4) is 0 Å². The highest BCUT2D eigenvalue weighted by atomic mass is 16.5. The Morgan fingerprint density at radius 3 is 2.62 bits per heavy atom. The maximum Gasteiger partial charge on any atom is 0.315 e. The van der Waals surface area contributed by atoms with Gasteiger partial charge >= 0.3 is 6.03 Å². The van der Waals surface area contributed by atoms with Gasteiger partial charge in [-0.3, -0.25) is 0 Å². The highest BCUT2D eigenvalue weighted by Gasteiger charge is 2.19. The molecule has 6 heteroatoms. The summed E-state index contributed by atoms with van der Waals surface area (Å²) < 4.78 is 16.3. The van der Waals surface area contributed by atoms with E-state index in [0.717, 1.165) is 12.0 Å². The third kappa shape index (κ3) is 4.46. The molecule has 138 valence electrons. The van der Waals surface area contributed by atoms with Crippen molar-refractivity contribution in [1.29, 1.82) is 0 Å². The summed E-state index contributed by atoms with van der Waals surface area (Å²) in [4.78, 5) is 12.0. The van der Waals surface area contributed by atoms with Crippen molar-refractivity contribution in [2.45, 2.75) is 25.7 Å². The van der Waals surface area contributed by atoms with Gasteiger partial charge in [0.05, 0.1) is 26.9 Å². The lowest BCUT2D eigenvalue weighted by Gasteiger charge is -2.25. The van der Waals surface area contributed by atoms with Crippen molar-refractivity contribution in [1.82, 2.24) is 10.6 Å². The third-order valence-corrected chi connectivity index (χ3v) is 4.43. The number of nitrogens with one attached hydrogen (secondary N) is 2. The number of hydrogen-bond acceptors (Lipinski definition) is 4. The van der Waals surface area contributed by atoms with E-state index in [4.69, 9.17) is 14.2 Å². The van der Waals surface area contributed by atoms with Crippen LogP contribution in [0.25, 0.3) is 0 Å². The molecule has 0 saturated heterocycles. The molecule has 1 unspecified atom stereocenters. The molecule has 1 aliphatic heterocycles. The molecule has 0 fully saturated rings. The third-order valence-electron chi connectivity index (χ3n) is 4.43. The van der Waals surface area contributed by atoms with E-state index in [1.807, 2.05) is 30.3 Å². The lowest BCUT2D eigenvalue weighted by Crippen LogP contribution is -2.41. The van der Waals surface area contributed by atoms with Gasteiger partial charge in [-0.05, 0) is 28.8 Å². The zero-order valence-electron chi connectivity index (χ0n) is 15.1. The van der Waals surface area contributed by atoms with Crippen LogP contribution in [0.2, 0.25) is 0 Å². The van der Waals surface area contributed by atoms with Gasteiger partial charge in [-0.1, -0.05) is 30.3 Å². The van der Waals surface area contributed by atoms with Gasteiger partial charge in [-0.2, -0.15) is 0 Å². The second kappa shape index (κ2) is 8.58. The van der Waals surface area contributed by atoms with Crippen molar-refractivity contribution in [2.24, 2.45) is 0 Å². The fraction of sp³-hybridized carbons (Fsp3) is 0.350. The average molecular weight is 356 g/mol. The molecule has 0 saturated carbocycles. The number of carbonyl (C=O) groups excluding carboxylic acids is 1. The van der Waals surface area contributed by atoms with E-state index < -0.39 is 0 Å². The van der Waals surface area contributed by atoms with Gasteiger partial charge in [0.25, 0.3) is 0 Å². The maximum absolute atomic E-state index is 12.0. The van der Waals surface area contributed by atoms with Crippen molar-refractivity contribution in [2.75, 3.05) is 20.8 Å². The second-order valence-corrected chi connectivity index (χ2v) is 6.16. The lowest BCUT2D eigenvalue weighted by molar-refractivity contribution is 0.0305. The van der Waals surface area contributed by atoms with Crippen LogP contribution in [-0.4, -0.2) is 32.9 Å². The standard InChI is InChI=1S/C20H24N2O4/c1-24-18-8-7-14(9-19(18)25-2)11-21-20(23)22-12-17-10-15-5-3-4-6-16(15)13-26-17/h3-9,17H,10-13H2,1-2H3,(H2,21,22,23). The number of amides is 2. The van der Waals surface area contributed by atoms with E-state index in [2.05, 4.69) is 22.8 Å². The quantitative estimate of drug-likeness (QED) is 0.835. The van der Waals surface area contributed by atoms with Gasteiger partial charge in [0.15, 0.2) is 11.5 Å². The van der Waals surface area contributed by atoms with E-state index in [-0.39, 0.29) is 12.1 Å². The fourth-order valence-electron chi connectivity index (χ4n) is 2.98. The Balaban J connectivity index is 1.45. The minimum absolute atomic E-state index is 0.00303. The van der Waals surface area contributed by atoms with Gasteiger partial charge in [0.1, 0.15) is 0 Å². The number of fused-ring (bicyclic) bond motifs is 1. The van der Waals surface area contributed by atoms with E-state index in [1.165, 1.54) is 11.1 Å². The fourth-order valence-corrected chi connectivity index (χ4v) is 2.98. The number of ether oxygens (including phenoxy) is 3. The van der Waals surface area contributed by atoms with Crippen LogP contribution in [-0.2, 0) is 24.3 Å². The van der Waals surface area contributed by atoms with E-state index >= 15 is 0 Å². The molecule has 0 aromatic heterocycles. The predicted octanol–water partition coefficient (Wildman–Crippen LogP) is 2.64. The predicted molar refractivity (Wildman–Crippen MR) is 98.5 cm³/mol. The molecule has 1 heterocycles. The summed E-state index contributed by atoms with van der Waals surface area (Å²) in [6.45, 7) is 1.47. The summed E-state index contributed by atoms with van der Waals surface area (Å²) in [5.74, 6) is 1.30. The summed E-state index contributed by atoms with van der Waals surface area (Å²) >= 11 is 0. The Morgan fingerprint density at radius 2 is 1.85 bits per heavy atom. The van der Waals surface area contributed by atoms with Crippen LogP contribution < -0.4 is 20.1 Å². The Kier molecular flexibility index (Phi) is 5.96. The van der Waals surface area contributed by atoms with Crippen LogP contribution in [0.1, 0.15) is 16.7 Å². The van der Waals surface area contributed by atoms with Gasteiger partial charge in [0.2, 0.25) is 0 Å². The molecule has 26 heavy (non-hydrogen) atoms. The van der Waals surface area contributed by atoms with Crippen LogP contribution in [0.15, 0.2) is 42.5 Å². The van der Waals surface area contributed by atoms with Crippen molar-refractivity contribution in [3.05, 3.63) is 59.2 Å². The molecule has 2 aromatic carbocycles. The Bertz CT molecular complexity index is 763. The molecule has 2 amide bonds. The highest BCUT2D eigenvalue weighted by molar-refractivity contribution is 5.73. The summed E-state index contributed by atoms with van der Waals surface area (Å²) in [7, 11) is 3.18. The average Bonchev–Trinajstić information content (AvgIpc) is 2.70. The summed E-state index contributed by atoms with van der Waals surface area (Å²) in [6, 6.07) is 13.6. The molecule has 0 bridgehead atoms.